The summed E-state index contributed by atoms with van der Waals surface area (Å²) in [5.74, 6) is 0.160. The van der Waals surface area contributed by atoms with Gasteiger partial charge in [0.05, 0.1) is 10.4 Å². The van der Waals surface area contributed by atoms with Crippen LogP contribution in [-0.4, -0.2) is 53.3 Å². The molecule has 0 atom stereocenters. The molecule has 0 bridgehead atoms. The molecule has 2 heterocycles. The van der Waals surface area contributed by atoms with Crippen molar-refractivity contribution in [1.82, 2.24) is 9.80 Å². The summed E-state index contributed by atoms with van der Waals surface area (Å²) in [5, 5.41) is 1.15. The number of amides is 2. The topological polar surface area (TPSA) is 66.6 Å². The first-order valence-corrected chi connectivity index (χ1v) is 10.7. The van der Waals surface area contributed by atoms with Gasteiger partial charge in [-0.1, -0.05) is 37.5 Å². The van der Waals surface area contributed by atoms with Crippen molar-refractivity contribution in [2.45, 2.75) is 44.6 Å². The molecule has 1 aromatic carbocycles. The highest BCUT2D eigenvalue weighted by Crippen LogP contribution is 2.32. The fourth-order valence-corrected chi connectivity index (χ4v) is 5.52. The van der Waals surface area contributed by atoms with Crippen LogP contribution in [-0.2, 0) is 4.79 Å². The number of nitrogens with two attached hydrogens (primary N) is 1. The van der Waals surface area contributed by atoms with E-state index in [4.69, 9.17) is 5.73 Å². The second-order valence-electron chi connectivity index (χ2n) is 7.85. The molecule has 2 amide bonds. The van der Waals surface area contributed by atoms with Crippen LogP contribution in [0.25, 0.3) is 10.1 Å². The predicted molar refractivity (Wildman–Crippen MR) is 109 cm³/mol. The first-order chi connectivity index (χ1) is 13.0. The number of carbonyl (C=O) groups is 2. The van der Waals surface area contributed by atoms with E-state index in [2.05, 4.69) is 12.1 Å². The molecular weight excluding hydrogens is 358 g/mol. The molecule has 2 aromatic rings. The van der Waals surface area contributed by atoms with Crippen LogP contribution in [0, 0.1) is 6.92 Å². The molecule has 4 rings (SSSR count). The standard InChI is InChI=1S/C21H27N3O2S/c1-15-16-7-3-4-8-17(16)27-18(15)19(25)23-11-13-24(14-12-23)20(26)21(22)9-5-2-6-10-21/h3-4,7-8H,2,5-6,9-14,22H2,1H3. The van der Waals surface area contributed by atoms with Crippen molar-refractivity contribution < 1.29 is 9.59 Å². The van der Waals surface area contributed by atoms with Crippen molar-refractivity contribution in [1.29, 1.82) is 0 Å². The van der Waals surface area contributed by atoms with E-state index in [1.165, 1.54) is 6.42 Å². The van der Waals surface area contributed by atoms with Crippen molar-refractivity contribution in [3.63, 3.8) is 0 Å². The molecule has 2 aliphatic rings. The lowest BCUT2D eigenvalue weighted by Gasteiger charge is -2.41. The summed E-state index contributed by atoms with van der Waals surface area (Å²) in [7, 11) is 0. The van der Waals surface area contributed by atoms with Gasteiger partial charge in [0.2, 0.25) is 5.91 Å². The molecule has 1 aliphatic heterocycles. The summed E-state index contributed by atoms with van der Waals surface area (Å²) in [6.45, 7) is 4.33. The highest BCUT2D eigenvalue weighted by molar-refractivity contribution is 7.21. The summed E-state index contributed by atoms with van der Waals surface area (Å²) in [5.41, 5.74) is 6.78. The summed E-state index contributed by atoms with van der Waals surface area (Å²) in [6.07, 6.45) is 4.80. The number of thiophene rings is 1. The average Bonchev–Trinajstić information content (AvgIpc) is 3.04. The van der Waals surface area contributed by atoms with E-state index in [1.807, 2.05) is 28.9 Å². The Bertz CT molecular complexity index is 861. The maximum atomic E-state index is 13.0. The normalized spacial score (nSPS) is 20.1. The molecule has 0 radical (unpaired) electrons. The molecule has 27 heavy (non-hydrogen) atoms. The van der Waals surface area contributed by atoms with Crippen LogP contribution in [0.5, 0.6) is 0 Å². The molecule has 5 nitrogen and oxygen atoms in total. The third-order valence-electron chi connectivity index (χ3n) is 6.06. The van der Waals surface area contributed by atoms with Crippen LogP contribution in [0.4, 0.5) is 0 Å². The molecular formula is C21H27N3O2S. The minimum atomic E-state index is -0.688. The Morgan fingerprint density at radius 3 is 2.30 bits per heavy atom. The van der Waals surface area contributed by atoms with E-state index in [1.54, 1.807) is 11.3 Å². The first-order valence-electron chi connectivity index (χ1n) is 9.85. The maximum absolute atomic E-state index is 13.0. The Labute approximate surface area is 164 Å². The van der Waals surface area contributed by atoms with Gasteiger partial charge in [-0.05, 0) is 36.8 Å². The van der Waals surface area contributed by atoms with Gasteiger partial charge < -0.3 is 15.5 Å². The SMILES string of the molecule is Cc1c(C(=O)N2CCN(C(=O)C3(N)CCCCC3)CC2)sc2ccccc12. The van der Waals surface area contributed by atoms with Crippen LogP contribution in [0.3, 0.4) is 0 Å². The molecule has 2 fully saturated rings. The number of aryl methyl sites for hydroxylation is 1. The Kier molecular flexibility index (Phi) is 4.95. The van der Waals surface area contributed by atoms with E-state index in [9.17, 15) is 9.59 Å². The van der Waals surface area contributed by atoms with Crippen LogP contribution in [0.2, 0.25) is 0 Å². The molecule has 1 saturated carbocycles. The van der Waals surface area contributed by atoms with Gasteiger partial charge in [-0.15, -0.1) is 11.3 Å². The second kappa shape index (κ2) is 7.24. The van der Waals surface area contributed by atoms with E-state index in [-0.39, 0.29) is 11.8 Å². The number of nitrogens with zero attached hydrogens (tertiary/aromatic N) is 2. The van der Waals surface area contributed by atoms with Crippen molar-refractivity contribution in [2.75, 3.05) is 26.2 Å². The molecule has 1 aromatic heterocycles. The molecule has 6 heteroatoms. The zero-order chi connectivity index (χ0) is 19.0. The third kappa shape index (κ3) is 3.36. The molecule has 144 valence electrons. The van der Waals surface area contributed by atoms with Gasteiger partial charge in [0.1, 0.15) is 0 Å². The minimum Gasteiger partial charge on any atom is -0.338 e. The molecule has 1 saturated heterocycles. The summed E-state index contributed by atoms with van der Waals surface area (Å²) < 4.78 is 1.15. The largest absolute Gasteiger partial charge is 0.338 e. The smallest absolute Gasteiger partial charge is 0.264 e. The summed E-state index contributed by atoms with van der Waals surface area (Å²) in [4.78, 5) is 30.5. The zero-order valence-electron chi connectivity index (χ0n) is 15.9. The number of benzene rings is 1. The van der Waals surface area contributed by atoms with Gasteiger partial charge in [-0.2, -0.15) is 0 Å². The Morgan fingerprint density at radius 1 is 1.00 bits per heavy atom. The van der Waals surface area contributed by atoms with Crippen LogP contribution < -0.4 is 5.73 Å². The predicted octanol–water partition coefficient (Wildman–Crippen LogP) is 3.16. The van der Waals surface area contributed by atoms with E-state index < -0.39 is 5.54 Å². The highest BCUT2D eigenvalue weighted by Gasteiger charge is 2.39. The van der Waals surface area contributed by atoms with Gasteiger partial charge >= 0.3 is 0 Å². The van der Waals surface area contributed by atoms with E-state index in [0.29, 0.717) is 26.2 Å². The van der Waals surface area contributed by atoms with Crippen molar-refractivity contribution in [3.05, 3.63) is 34.7 Å². The number of rotatable bonds is 2. The monoisotopic (exact) mass is 385 g/mol. The summed E-state index contributed by atoms with van der Waals surface area (Å²) >= 11 is 1.56. The maximum Gasteiger partial charge on any atom is 0.264 e. The molecule has 0 spiro atoms. The van der Waals surface area contributed by atoms with Crippen molar-refractivity contribution >= 4 is 33.2 Å². The number of fused-ring (bicyclic) bond motifs is 1. The molecule has 2 N–H and O–H groups in total. The first kappa shape index (κ1) is 18.4. The lowest BCUT2D eigenvalue weighted by molar-refractivity contribution is -0.139. The fourth-order valence-electron chi connectivity index (χ4n) is 4.35. The molecule has 0 unspecified atom stereocenters. The minimum absolute atomic E-state index is 0.0762. The number of piperazine rings is 1. The van der Waals surface area contributed by atoms with Crippen molar-refractivity contribution in [3.8, 4) is 0 Å². The number of hydrogen-bond donors (Lipinski definition) is 1. The Morgan fingerprint density at radius 2 is 1.63 bits per heavy atom. The quantitative estimate of drug-likeness (QED) is 0.863. The van der Waals surface area contributed by atoms with Gasteiger partial charge in [-0.25, -0.2) is 0 Å². The van der Waals surface area contributed by atoms with Gasteiger partial charge in [0.25, 0.3) is 5.91 Å². The van der Waals surface area contributed by atoms with Gasteiger partial charge in [-0.3, -0.25) is 9.59 Å². The third-order valence-corrected chi connectivity index (χ3v) is 7.32. The van der Waals surface area contributed by atoms with Gasteiger partial charge in [0, 0.05) is 30.9 Å². The van der Waals surface area contributed by atoms with Crippen LogP contribution >= 0.6 is 11.3 Å². The lowest BCUT2D eigenvalue weighted by atomic mass is 9.81. The highest BCUT2D eigenvalue weighted by atomic mass is 32.1. The lowest BCUT2D eigenvalue weighted by Crippen LogP contribution is -2.60. The Hall–Kier alpha value is -1.92. The van der Waals surface area contributed by atoms with E-state index >= 15 is 0 Å². The average molecular weight is 386 g/mol. The summed E-state index contributed by atoms with van der Waals surface area (Å²) in [6, 6.07) is 8.14. The van der Waals surface area contributed by atoms with E-state index in [0.717, 1.165) is 46.2 Å². The second-order valence-corrected chi connectivity index (χ2v) is 8.91. The number of hydrogen-bond acceptors (Lipinski definition) is 4. The van der Waals surface area contributed by atoms with Crippen LogP contribution in [0.1, 0.15) is 47.3 Å². The van der Waals surface area contributed by atoms with Gasteiger partial charge in [0.15, 0.2) is 0 Å². The zero-order valence-corrected chi connectivity index (χ0v) is 16.7. The van der Waals surface area contributed by atoms with Crippen LogP contribution in [0.15, 0.2) is 24.3 Å². The number of carbonyl (C=O) groups excluding carboxylic acids is 2. The molecule has 1 aliphatic carbocycles. The van der Waals surface area contributed by atoms with Crippen molar-refractivity contribution in [2.24, 2.45) is 5.73 Å². The Balaban J connectivity index is 1.43. The fraction of sp³-hybridized carbons (Fsp3) is 0.524.